The van der Waals surface area contributed by atoms with Gasteiger partial charge in [0.05, 0.1) is 39.2 Å². The molecule has 0 radical (unpaired) electrons. The highest BCUT2D eigenvalue weighted by molar-refractivity contribution is 6.23. The first-order valence-corrected chi connectivity index (χ1v) is 28.4. The maximum Gasteiger partial charge on any atom is 0.0721 e. The Kier molecular flexibility index (Phi) is 11.9. The Balaban J connectivity index is 1.13. The van der Waals surface area contributed by atoms with Crippen molar-refractivity contribution in [3.8, 4) is 39.1 Å². The van der Waals surface area contributed by atoms with Crippen LogP contribution >= 0.6 is 0 Å². The number of fused-ring (bicyclic) bond motifs is 9. The Bertz CT molecular complexity index is 4660. The molecule has 15 rings (SSSR count). The minimum atomic E-state index is -0.833. The second kappa shape index (κ2) is 20.0. The smallest absolute Gasteiger partial charge is 0.0721 e. The van der Waals surface area contributed by atoms with Gasteiger partial charge in [0.25, 0.3) is 0 Å². The van der Waals surface area contributed by atoms with Gasteiger partial charge in [0.15, 0.2) is 0 Å². The average Bonchev–Trinajstić information content (AvgIpc) is 1.67. The number of hydrogen-bond donors (Lipinski definition) is 0. The van der Waals surface area contributed by atoms with Crippen LogP contribution in [-0.2, 0) is 5.41 Å². The molecule has 82 heavy (non-hydrogen) atoms. The molecule has 13 aromatic carbocycles. The molecule has 1 aromatic heterocycles. The van der Waals surface area contributed by atoms with Crippen molar-refractivity contribution < 1.29 is 0 Å². The number of hydrogen-bond acceptors (Lipinski definition) is 2. The van der Waals surface area contributed by atoms with E-state index in [1.807, 2.05) is 0 Å². The molecule has 0 saturated carbocycles. The Morgan fingerprint density at radius 3 is 1.32 bits per heavy atom. The molecule has 1 aliphatic carbocycles. The van der Waals surface area contributed by atoms with Crippen LogP contribution in [0.1, 0.15) is 33.4 Å². The Labute approximate surface area is 479 Å². The molecule has 1 aliphatic rings. The molecule has 0 N–H and O–H groups in total. The van der Waals surface area contributed by atoms with Gasteiger partial charge in [0.2, 0.25) is 0 Å². The van der Waals surface area contributed by atoms with Gasteiger partial charge in [-0.3, -0.25) is 0 Å². The zero-order chi connectivity index (χ0) is 54.7. The van der Waals surface area contributed by atoms with E-state index in [-0.39, 0.29) is 0 Å². The van der Waals surface area contributed by atoms with Crippen molar-refractivity contribution >= 4 is 66.7 Å². The number of rotatable bonds is 11. The first-order chi connectivity index (χ1) is 40.6. The molecule has 0 spiro atoms. The third-order valence-corrected chi connectivity index (χ3v) is 17.1. The van der Waals surface area contributed by atoms with Gasteiger partial charge in [0, 0.05) is 49.9 Å². The zero-order valence-corrected chi connectivity index (χ0v) is 45.8. The highest BCUT2D eigenvalue weighted by Gasteiger charge is 2.49. The molecule has 0 atom stereocenters. The van der Waals surface area contributed by atoms with Crippen molar-refractivity contribution in [2.75, 3.05) is 9.80 Å². The van der Waals surface area contributed by atoms with Gasteiger partial charge in [-0.15, -0.1) is 0 Å². The summed E-state index contributed by atoms with van der Waals surface area (Å²) in [4.78, 5) is 5.04. The quantitative estimate of drug-likeness (QED) is 0.128. The minimum absolute atomic E-state index is 0.833. The Morgan fingerprint density at radius 2 is 0.756 bits per heavy atom. The third-order valence-electron chi connectivity index (χ3n) is 17.1. The minimum Gasteiger partial charge on any atom is -0.309 e. The van der Waals surface area contributed by atoms with E-state index < -0.39 is 5.41 Å². The van der Waals surface area contributed by atoms with Gasteiger partial charge in [-0.25, -0.2) is 0 Å². The fraction of sp³-hybridized carbons (Fsp3) is 0.0380. The maximum atomic E-state index is 2.59. The predicted molar refractivity (Wildman–Crippen MR) is 345 cm³/mol. The molecule has 0 unspecified atom stereocenters. The highest BCUT2D eigenvalue weighted by atomic mass is 15.2. The van der Waals surface area contributed by atoms with Gasteiger partial charge in [-0.05, 0) is 136 Å². The number of benzene rings is 13. The van der Waals surface area contributed by atoms with Crippen molar-refractivity contribution in [3.63, 3.8) is 0 Å². The molecule has 3 nitrogen and oxygen atoms in total. The van der Waals surface area contributed by atoms with E-state index in [0.29, 0.717) is 0 Å². The molecule has 0 saturated heterocycles. The van der Waals surface area contributed by atoms with Crippen molar-refractivity contribution in [1.82, 2.24) is 4.57 Å². The summed E-state index contributed by atoms with van der Waals surface area (Å²) in [6.45, 7) is 4.44. The van der Waals surface area contributed by atoms with Gasteiger partial charge < -0.3 is 14.4 Å². The summed E-state index contributed by atoms with van der Waals surface area (Å²) in [7, 11) is 0. The van der Waals surface area contributed by atoms with Gasteiger partial charge in [-0.1, -0.05) is 243 Å². The molecule has 0 aliphatic heterocycles. The van der Waals surface area contributed by atoms with Crippen LogP contribution in [0.3, 0.4) is 0 Å². The fourth-order valence-corrected chi connectivity index (χ4v) is 13.7. The summed E-state index contributed by atoms with van der Waals surface area (Å²) in [5.41, 5.74) is 23.7. The summed E-state index contributed by atoms with van der Waals surface area (Å²) in [5, 5.41) is 4.71. The van der Waals surface area contributed by atoms with Crippen LogP contribution in [0.2, 0.25) is 0 Å². The summed E-state index contributed by atoms with van der Waals surface area (Å²) < 4.78 is 2.56. The van der Waals surface area contributed by atoms with Gasteiger partial charge in [-0.2, -0.15) is 0 Å². The van der Waals surface area contributed by atoms with Crippen LogP contribution in [0.25, 0.3) is 71.6 Å². The van der Waals surface area contributed by atoms with Gasteiger partial charge in [0.1, 0.15) is 0 Å². The highest BCUT2D eigenvalue weighted by Crippen LogP contribution is 2.63. The van der Waals surface area contributed by atoms with Crippen molar-refractivity contribution in [1.29, 1.82) is 0 Å². The molecule has 3 heteroatoms. The lowest BCUT2D eigenvalue weighted by Crippen LogP contribution is -2.29. The first-order valence-electron chi connectivity index (χ1n) is 28.4. The van der Waals surface area contributed by atoms with E-state index >= 15 is 0 Å². The van der Waals surface area contributed by atoms with E-state index in [4.69, 9.17) is 0 Å². The second-order valence-electron chi connectivity index (χ2n) is 21.6. The molecule has 0 amide bonds. The maximum absolute atomic E-state index is 2.59. The van der Waals surface area contributed by atoms with Crippen LogP contribution in [0.4, 0.5) is 34.1 Å². The van der Waals surface area contributed by atoms with E-state index in [0.717, 1.165) is 61.8 Å². The lowest BCUT2D eigenvalue weighted by Gasteiger charge is -2.36. The lowest BCUT2D eigenvalue weighted by atomic mass is 9.66. The first kappa shape index (κ1) is 48.6. The van der Waals surface area contributed by atoms with E-state index in [1.165, 1.54) is 77.4 Å². The number of para-hydroxylation sites is 6. The SMILES string of the molecule is Cc1ccccc1-c1ccccc1N(c1ccccc1)c1cccc2c3c(ccc12)-c1c(cc(N(c2ccccc2)c2ccccc2-c2ccccc2C)c2c4ccccc4n(-c4ccccc4)c12)C3(c1ccccc1)c1ccccc1. The molecule has 0 fully saturated rings. The van der Waals surface area contributed by atoms with Crippen molar-refractivity contribution in [2.45, 2.75) is 19.3 Å². The Morgan fingerprint density at radius 1 is 0.317 bits per heavy atom. The van der Waals surface area contributed by atoms with Crippen molar-refractivity contribution in [2.24, 2.45) is 0 Å². The summed E-state index contributed by atoms with van der Waals surface area (Å²) in [6.07, 6.45) is 0. The molecule has 0 bridgehead atoms. The number of aryl methyl sites for hydroxylation is 2. The average molecular weight is 1050 g/mol. The standard InChI is InChI=1S/C79H57N3/c1-54-29-18-20-41-61(54)63-43-22-25-47-70(63)80(58-35-12-5-13-36-58)72-50-28-46-66-65(72)51-52-68-75-69(79(77(66)68,56-31-8-3-9-32-56)57-33-10-4-11-34-57)53-74(76-67-45-24-27-49-73(67)82(78(75)76)60-39-16-7-17-40-60)81(59-37-14-6-15-38-59)71-48-26-23-44-64(71)62-42-21-19-30-55(62)2/h3-53H,1-2H3. The number of aromatic nitrogens is 1. The topological polar surface area (TPSA) is 11.4 Å². The zero-order valence-electron chi connectivity index (χ0n) is 45.8. The van der Waals surface area contributed by atoms with Gasteiger partial charge >= 0.3 is 0 Å². The fourth-order valence-electron chi connectivity index (χ4n) is 13.7. The monoisotopic (exact) mass is 1050 g/mol. The third kappa shape index (κ3) is 7.58. The van der Waals surface area contributed by atoms with Crippen molar-refractivity contribution in [3.05, 3.63) is 343 Å². The molecule has 388 valence electrons. The van der Waals surface area contributed by atoms with Crippen LogP contribution in [0, 0.1) is 13.8 Å². The number of anilines is 6. The van der Waals surface area contributed by atoms with Crippen LogP contribution in [0.15, 0.2) is 309 Å². The molecule has 1 heterocycles. The molecule has 14 aromatic rings. The summed E-state index contributed by atoms with van der Waals surface area (Å²) >= 11 is 0. The van der Waals surface area contributed by atoms with Crippen LogP contribution in [-0.4, -0.2) is 4.57 Å². The molecular formula is C79H57N3. The normalized spacial score (nSPS) is 12.4. The Hall–Kier alpha value is -10.5. The van der Waals surface area contributed by atoms with Crippen LogP contribution in [0.5, 0.6) is 0 Å². The summed E-state index contributed by atoms with van der Waals surface area (Å²) in [6, 6.07) is 115. The second-order valence-corrected chi connectivity index (χ2v) is 21.6. The number of nitrogens with zero attached hydrogens (tertiary/aromatic N) is 3. The van der Waals surface area contributed by atoms with Crippen LogP contribution < -0.4 is 9.80 Å². The van der Waals surface area contributed by atoms with E-state index in [9.17, 15) is 0 Å². The summed E-state index contributed by atoms with van der Waals surface area (Å²) in [5.74, 6) is 0. The lowest BCUT2D eigenvalue weighted by molar-refractivity contribution is 0.776. The van der Waals surface area contributed by atoms with E-state index in [1.54, 1.807) is 0 Å². The largest absolute Gasteiger partial charge is 0.309 e. The molecular weight excluding hydrogens is 991 g/mol. The predicted octanol–water partition coefficient (Wildman–Crippen LogP) is 21.2. The van der Waals surface area contributed by atoms with E-state index in [2.05, 4.69) is 338 Å².